The molecule has 0 amide bonds. The third-order valence-electron chi connectivity index (χ3n) is 0. The second-order valence-electron chi connectivity index (χ2n) is 0.600. The molecule has 0 bridgehead atoms. The van der Waals surface area contributed by atoms with Crippen molar-refractivity contribution in [3.63, 3.8) is 0 Å². The molecule has 0 aromatic carbocycles. The van der Waals surface area contributed by atoms with Gasteiger partial charge in [0, 0.05) is 17.4 Å². The van der Waals surface area contributed by atoms with Crippen molar-refractivity contribution in [2.24, 2.45) is 0 Å². The van der Waals surface area contributed by atoms with Crippen LogP contribution in [0.5, 0.6) is 0 Å². The van der Waals surface area contributed by atoms with E-state index in [0.29, 0.717) is 0 Å². The van der Waals surface area contributed by atoms with Crippen LogP contribution in [-0.2, 0) is 17.4 Å². The normalized spacial score (nSPS) is 8.57. The summed E-state index contributed by atoms with van der Waals surface area (Å²) in [5, 5.41) is 0. The van der Waals surface area contributed by atoms with E-state index in [1.807, 2.05) is 0 Å². The molecule has 7 heavy (non-hydrogen) atoms. The summed E-state index contributed by atoms with van der Waals surface area (Å²) in [7, 11) is -4.61. The Kier molecular flexibility index (Phi) is 12.7. The maximum atomic E-state index is 7.33. The van der Waals surface area contributed by atoms with E-state index in [-0.39, 0.29) is 44.7 Å². The molecule has 0 saturated carbocycles. The van der Waals surface area contributed by atoms with Gasteiger partial charge in [0.15, 0.2) is 0 Å². The summed E-state index contributed by atoms with van der Waals surface area (Å²) in [4.78, 5) is 29.3. The molecule has 0 aromatic rings. The zero-order valence-electron chi connectivity index (χ0n) is 3.40. The molecule has 44 valence electrons. The van der Waals surface area contributed by atoms with Crippen molar-refractivity contribution in [1.29, 1.82) is 0 Å². The molecule has 4 nitrogen and oxygen atoms in total. The monoisotopic (exact) mass is 358 g/mol. The maximum absolute atomic E-state index is 7.33. The number of hydrogen-bond donors (Lipinski definition) is 4. The predicted molar refractivity (Wildman–Crippen MR) is 23.2 cm³/mol. The minimum absolute atomic E-state index is 0. The van der Waals surface area contributed by atoms with Crippen LogP contribution in [0, 0.1) is 0 Å². The summed E-state index contributed by atoms with van der Waals surface area (Å²) in [5.41, 5.74) is 0. The molecule has 0 aliphatic heterocycles. The fourth-order valence-corrected chi connectivity index (χ4v) is 0. The Morgan fingerprint density at radius 1 is 0.857 bits per heavy atom. The SMILES string of the molecule is O[Si](O)(O)O.[Cr].[PbH2]. The molecule has 0 saturated heterocycles. The Hall–Kier alpha value is 1.51. The van der Waals surface area contributed by atoms with E-state index in [0.717, 1.165) is 0 Å². The Balaban J connectivity index is -0.0000000800. The molecule has 4 N–H and O–H groups in total. The molecule has 0 aliphatic carbocycles. The first-order valence-electron chi connectivity index (χ1n) is 0.894. The molecule has 0 atom stereocenters. The van der Waals surface area contributed by atoms with Crippen LogP contribution < -0.4 is 0 Å². The summed E-state index contributed by atoms with van der Waals surface area (Å²) in [6.45, 7) is 0. The van der Waals surface area contributed by atoms with Crippen LogP contribution in [0.25, 0.3) is 0 Å². The molecular weight excluding hydrogens is 351 g/mol. The fraction of sp³-hybridized carbons (Fsp3) is 0. The standard InChI is InChI=1S/Cr.H4O4Si.Pb.2H/c;1-5(2,3)4;;;/h;1-4H;;;. The Labute approximate surface area is 72.6 Å². The first-order valence-corrected chi connectivity index (χ1v) is 2.68. The number of rotatable bonds is 0. The van der Waals surface area contributed by atoms with Gasteiger partial charge in [0.05, 0.1) is 0 Å². The first-order chi connectivity index (χ1) is 2.00. The van der Waals surface area contributed by atoms with Crippen molar-refractivity contribution < 1.29 is 36.5 Å². The minimum atomic E-state index is -4.61. The van der Waals surface area contributed by atoms with Gasteiger partial charge in [0.2, 0.25) is 0 Å². The van der Waals surface area contributed by atoms with Gasteiger partial charge in [-0.15, -0.1) is 0 Å². The van der Waals surface area contributed by atoms with Gasteiger partial charge in [-0.05, 0) is 0 Å². The second kappa shape index (κ2) is 5.64. The zero-order chi connectivity index (χ0) is 4.50. The van der Waals surface area contributed by atoms with Crippen molar-refractivity contribution in [2.75, 3.05) is 0 Å². The fourth-order valence-electron chi connectivity index (χ4n) is 0. The Bertz CT molecular complexity index is 27.2. The van der Waals surface area contributed by atoms with E-state index >= 15 is 0 Å². The van der Waals surface area contributed by atoms with E-state index in [1.54, 1.807) is 0 Å². The average Bonchev–Trinajstić information content (AvgIpc) is 0.722. The van der Waals surface area contributed by atoms with Crippen LogP contribution in [-0.4, -0.2) is 55.5 Å². The quantitative estimate of drug-likeness (QED) is 0.339. The Morgan fingerprint density at radius 2 is 0.857 bits per heavy atom. The van der Waals surface area contributed by atoms with Gasteiger partial charge < -0.3 is 19.2 Å². The molecule has 2 radical (unpaired) electrons. The Morgan fingerprint density at radius 3 is 0.857 bits per heavy atom. The van der Waals surface area contributed by atoms with Crippen molar-refractivity contribution in [1.82, 2.24) is 0 Å². The molecule has 0 rings (SSSR count). The molecular formula is H6CrO4PbSi. The number of hydrogen-bond acceptors (Lipinski definition) is 4. The summed E-state index contributed by atoms with van der Waals surface area (Å²) in [5.74, 6) is 0. The van der Waals surface area contributed by atoms with E-state index in [1.165, 1.54) is 0 Å². The van der Waals surface area contributed by atoms with Crippen molar-refractivity contribution in [3.8, 4) is 0 Å². The van der Waals surface area contributed by atoms with Gasteiger partial charge in [-0.25, -0.2) is 0 Å². The van der Waals surface area contributed by atoms with E-state index in [2.05, 4.69) is 0 Å². The van der Waals surface area contributed by atoms with Crippen molar-refractivity contribution in [3.05, 3.63) is 0 Å². The molecule has 7 heteroatoms. The molecule has 0 heterocycles. The summed E-state index contributed by atoms with van der Waals surface area (Å²) in [6, 6.07) is 0. The third-order valence-corrected chi connectivity index (χ3v) is 0. The van der Waals surface area contributed by atoms with Gasteiger partial charge in [0.1, 0.15) is 0 Å². The topological polar surface area (TPSA) is 80.9 Å². The molecule has 0 unspecified atom stereocenters. The van der Waals surface area contributed by atoms with Crippen LogP contribution in [0.2, 0.25) is 0 Å². The van der Waals surface area contributed by atoms with E-state index in [4.69, 9.17) is 19.2 Å². The van der Waals surface area contributed by atoms with Crippen LogP contribution in [0.3, 0.4) is 0 Å². The second-order valence-corrected chi connectivity index (χ2v) is 1.80. The molecule has 0 aliphatic rings. The van der Waals surface area contributed by atoms with E-state index < -0.39 is 9.05 Å². The summed E-state index contributed by atoms with van der Waals surface area (Å²) >= 11 is 0. The molecule has 0 spiro atoms. The predicted octanol–water partition coefficient (Wildman–Crippen LogP) is -3.53. The van der Waals surface area contributed by atoms with Crippen LogP contribution in [0.15, 0.2) is 0 Å². The first kappa shape index (κ1) is 15.8. The average molecular weight is 357 g/mol. The third kappa shape index (κ3) is 99.9. The van der Waals surface area contributed by atoms with Crippen LogP contribution in [0.1, 0.15) is 0 Å². The van der Waals surface area contributed by atoms with Crippen molar-refractivity contribution in [2.45, 2.75) is 0 Å². The zero-order valence-corrected chi connectivity index (χ0v) is 11.2. The van der Waals surface area contributed by atoms with Gasteiger partial charge in [-0.1, -0.05) is 0 Å². The van der Waals surface area contributed by atoms with Gasteiger partial charge >= 0.3 is 36.3 Å². The summed E-state index contributed by atoms with van der Waals surface area (Å²) in [6.07, 6.45) is 0. The summed E-state index contributed by atoms with van der Waals surface area (Å²) < 4.78 is 0. The van der Waals surface area contributed by atoms with Gasteiger partial charge in [-0.2, -0.15) is 0 Å². The van der Waals surface area contributed by atoms with Crippen molar-refractivity contribution >= 4 is 36.3 Å². The van der Waals surface area contributed by atoms with Crippen LogP contribution in [0.4, 0.5) is 0 Å². The molecule has 0 aromatic heterocycles. The van der Waals surface area contributed by atoms with E-state index in [9.17, 15) is 0 Å². The molecule has 0 fully saturated rings. The van der Waals surface area contributed by atoms with Crippen LogP contribution >= 0.6 is 0 Å². The van der Waals surface area contributed by atoms with Gasteiger partial charge in [0.25, 0.3) is 0 Å². The van der Waals surface area contributed by atoms with Gasteiger partial charge in [-0.3, -0.25) is 0 Å².